The Kier molecular flexibility index (Phi) is 4.24. The van der Waals surface area contributed by atoms with Gasteiger partial charge in [0.25, 0.3) is 0 Å². The van der Waals surface area contributed by atoms with Crippen LogP contribution in [0.25, 0.3) is 10.9 Å². The molecule has 0 unspecified atom stereocenters. The molecular weight excluding hydrogens is 346 g/mol. The lowest BCUT2D eigenvalue weighted by Crippen LogP contribution is -2.19. The highest BCUT2D eigenvalue weighted by atomic mass is 35.5. The third-order valence-corrected chi connectivity index (χ3v) is 5.97. The van der Waals surface area contributed by atoms with Crippen molar-refractivity contribution in [2.45, 2.75) is 30.2 Å². The molecule has 0 amide bonds. The van der Waals surface area contributed by atoms with Crippen LogP contribution in [0.1, 0.15) is 12.5 Å². The van der Waals surface area contributed by atoms with Gasteiger partial charge >= 0.3 is 0 Å². The SMILES string of the molecule is CCn1cc(S(=O)(=O)c2ccc(Cl)cc2)c(=O)c2cc(C)ccc21. The highest BCUT2D eigenvalue weighted by Crippen LogP contribution is 2.23. The molecule has 3 aromatic rings. The second-order valence-corrected chi connectivity index (χ2v) is 7.94. The Morgan fingerprint density at radius 2 is 1.75 bits per heavy atom. The van der Waals surface area contributed by atoms with Gasteiger partial charge in [0, 0.05) is 23.2 Å². The van der Waals surface area contributed by atoms with Gasteiger partial charge in [-0.15, -0.1) is 0 Å². The molecule has 0 saturated carbocycles. The smallest absolute Gasteiger partial charge is 0.211 e. The van der Waals surface area contributed by atoms with Gasteiger partial charge in [0.2, 0.25) is 15.3 Å². The average molecular weight is 362 g/mol. The van der Waals surface area contributed by atoms with Gasteiger partial charge in [-0.3, -0.25) is 4.79 Å². The molecule has 0 aliphatic rings. The summed E-state index contributed by atoms with van der Waals surface area (Å²) >= 11 is 5.82. The molecule has 0 N–H and O–H groups in total. The maximum absolute atomic E-state index is 12.9. The van der Waals surface area contributed by atoms with Crippen molar-refractivity contribution in [1.82, 2.24) is 4.57 Å². The Bertz CT molecular complexity index is 1080. The van der Waals surface area contributed by atoms with Crippen LogP contribution < -0.4 is 5.43 Å². The minimum absolute atomic E-state index is 0.0543. The molecule has 1 heterocycles. The predicted octanol–water partition coefficient (Wildman–Crippen LogP) is 3.82. The average Bonchev–Trinajstić information content (AvgIpc) is 2.56. The second-order valence-electron chi connectivity index (χ2n) is 5.59. The minimum Gasteiger partial charge on any atom is -0.346 e. The van der Waals surface area contributed by atoms with E-state index in [9.17, 15) is 13.2 Å². The van der Waals surface area contributed by atoms with E-state index in [1.54, 1.807) is 10.6 Å². The molecule has 0 radical (unpaired) electrons. The van der Waals surface area contributed by atoms with Crippen molar-refractivity contribution >= 4 is 32.3 Å². The van der Waals surface area contributed by atoms with Crippen molar-refractivity contribution in [3.05, 3.63) is 69.5 Å². The van der Waals surface area contributed by atoms with E-state index < -0.39 is 15.3 Å². The Morgan fingerprint density at radius 1 is 1.08 bits per heavy atom. The van der Waals surface area contributed by atoms with Crippen molar-refractivity contribution in [1.29, 1.82) is 0 Å². The molecule has 0 spiro atoms. The van der Waals surface area contributed by atoms with Gasteiger partial charge < -0.3 is 4.57 Å². The van der Waals surface area contributed by atoms with E-state index in [4.69, 9.17) is 11.6 Å². The minimum atomic E-state index is -3.92. The molecule has 1 aromatic heterocycles. The van der Waals surface area contributed by atoms with Crippen LogP contribution in [-0.2, 0) is 16.4 Å². The van der Waals surface area contributed by atoms with Crippen molar-refractivity contribution in [3.8, 4) is 0 Å². The molecule has 0 saturated heterocycles. The molecule has 0 atom stereocenters. The van der Waals surface area contributed by atoms with Crippen LogP contribution in [0.5, 0.6) is 0 Å². The standard InChI is InChI=1S/C18H16ClNO3S/c1-3-20-11-17(18(21)15-10-12(2)4-9-16(15)20)24(22,23)14-7-5-13(19)6-8-14/h4-11H,3H2,1-2H3. The number of rotatable bonds is 3. The summed E-state index contributed by atoms with van der Waals surface area (Å²) in [6, 6.07) is 11.3. The number of halogens is 1. The maximum atomic E-state index is 12.9. The summed E-state index contributed by atoms with van der Waals surface area (Å²) in [4.78, 5) is 12.7. The van der Waals surface area contributed by atoms with Gasteiger partial charge in [-0.1, -0.05) is 23.2 Å². The molecule has 0 aliphatic heterocycles. The fraction of sp³-hybridized carbons (Fsp3) is 0.167. The zero-order valence-corrected chi connectivity index (χ0v) is 14.9. The third kappa shape index (κ3) is 2.74. The number of pyridine rings is 1. The summed E-state index contributed by atoms with van der Waals surface area (Å²) in [6.07, 6.45) is 1.42. The Hall–Kier alpha value is -2.11. The van der Waals surface area contributed by atoms with E-state index in [0.29, 0.717) is 17.0 Å². The van der Waals surface area contributed by atoms with Crippen LogP contribution in [0.4, 0.5) is 0 Å². The predicted molar refractivity (Wildman–Crippen MR) is 95.5 cm³/mol. The van der Waals surface area contributed by atoms with Crippen LogP contribution in [-0.4, -0.2) is 13.0 Å². The lowest BCUT2D eigenvalue weighted by molar-refractivity contribution is 0.593. The summed E-state index contributed by atoms with van der Waals surface area (Å²) < 4.78 is 27.6. The van der Waals surface area contributed by atoms with Crippen molar-refractivity contribution in [2.75, 3.05) is 0 Å². The van der Waals surface area contributed by atoms with Crippen LogP contribution in [0.2, 0.25) is 5.02 Å². The van der Waals surface area contributed by atoms with Gasteiger partial charge in [0.05, 0.1) is 10.4 Å². The Balaban J connectivity index is 2.35. The molecule has 0 fully saturated rings. The van der Waals surface area contributed by atoms with Gasteiger partial charge in [0.15, 0.2) is 0 Å². The van der Waals surface area contributed by atoms with E-state index in [-0.39, 0.29) is 9.79 Å². The van der Waals surface area contributed by atoms with Crippen molar-refractivity contribution in [2.24, 2.45) is 0 Å². The number of sulfone groups is 1. The summed E-state index contributed by atoms with van der Waals surface area (Å²) in [6.45, 7) is 4.33. The number of fused-ring (bicyclic) bond motifs is 1. The van der Waals surface area contributed by atoms with E-state index >= 15 is 0 Å². The van der Waals surface area contributed by atoms with E-state index in [1.807, 2.05) is 26.0 Å². The molecule has 124 valence electrons. The van der Waals surface area contributed by atoms with Gasteiger partial charge in [0.1, 0.15) is 4.90 Å². The molecule has 6 heteroatoms. The third-order valence-electron chi connectivity index (χ3n) is 3.96. The number of aryl methyl sites for hydroxylation is 2. The largest absolute Gasteiger partial charge is 0.346 e. The highest BCUT2D eigenvalue weighted by molar-refractivity contribution is 7.91. The van der Waals surface area contributed by atoms with Gasteiger partial charge in [-0.25, -0.2) is 8.42 Å². The normalized spacial score (nSPS) is 11.8. The lowest BCUT2D eigenvalue weighted by Gasteiger charge is -2.12. The number of aromatic nitrogens is 1. The van der Waals surface area contributed by atoms with Crippen molar-refractivity contribution < 1.29 is 8.42 Å². The van der Waals surface area contributed by atoms with Crippen LogP contribution in [0, 0.1) is 6.92 Å². The summed E-state index contributed by atoms with van der Waals surface area (Å²) in [5.74, 6) is 0. The number of hydrogen-bond acceptors (Lipinski definition) is 3. The van der Waals surface area contributed by atoms with Gasteiger partial charge in [-0.2, -0.15) is 0 Å². The first-order valence-corrected chi connectivity index (χ1v) is 9.35. The van der Waals surface area contributed by atoms with Crippen LogP contribution in [0.15, 0.2) is 63.2 Å². The summed E-state index contributed by atoms with van der Waals surface area (Å²) in [7, 11) is -3.92. The molecule has 2 aromatic carbocycles. The molecule has 3 rings (SSSR count). The maximum Gasteiger partial charge on any atom is 0.211 e. The monoisotopic (exact) mass is 361 g/mol. The van der Waals surface area contributed by atoms with Gasteiger partial charge in [-0.05, 0) is 50.2 Å². The molecular formula is C18H16ClNO3S. The molecule has 0 aliphatic carbocycles. The number of benzene rings is 2. The molecule has 4 nitrogen and oxygen atoms in total. The van der Waals surface area contributed by atoms with E-state index in [1.165, 1.54) is 30.5 Å². The summed E-state index contributed by atoms with van der Waals surface area (Å²) in [5, 5.41) is 0.848. The first kappa shape index (κ1) is 16.7. The zero-order valence-electron chi connectivity index (χ0n) is 13.3. The first-order chi connectivity index (χ1) is 11.3. The van der Waals surface area contributed by atoms with Crippen molar-refractivity contribution in [3.63, 3.8) is 0 Å². The quantitative estimate of drug-likeness (QED) is 0.712. The number of hydrogen-bond donors (Lipinski definition) is 0. The van der Waals surface area contributed by atoms with Crippen LogP contribution >= 0.6 is 11.6 Å². The first-order valence-electron chi connectivity index (χ1n) is 7.49. The second kappa shape index (κ2) is 6.07. The Labute approximate surface area is 145 Å². The topological polar surface area (TPSA) is 56.1 Å². The summed E-state index contributed by atoms with van der Waals surface area (Å²) in [5.41, 5.74) is 1.15. The molecule has 0 bridgehead atoms. The Morgan fingerprint density at radius 3 is 2.38 bits per heavy atom. The van der Waals surface area contributed by atoms with E-state index in [0.717, 1.165) is 11.1 Å². The fourth-order valence-electron chi connectivity index (χ4n) is 2.68. The van der Waals surface area contributed by atoms with Crippen LogP contribution in [0.3, 0.4) is 0 Å². The molecule has 24 heavy (non-hydrogen) atoms. The zero-order chi connectivity index (χ0) is 17.5. The highest BCUT2D eigenvalue weighted by Gasteiger charge is 2.23. The lowest BCUT2D eigenvalue weighted by atomic mass is 10.1. The fourth-order valence-corrected chi connectivity index (χ4v) is 4.17. The number of nitrogens with zero attached hydrogens (tertiary/aromatic N) is 1. The van der Waals surface area contributed by atoms with E-state index in [2.05, 4.69) is 0 Å².